The number of anilines is 2. The summed E-state index contributed by atoms with van der Waals surface area (Å²) in [6.45, 7) is 5.00. The molecule has 2 aromatic rings. The van der Waals surface area contributed by atoms with Crippen LogP contribution in [0.1, 0.15) is 29.5 Å². The van der Waals surface area contributed by atoms with E-state index >= 15 is 0 Å². The maximum Gasteiger partial charge on any atom is 0.417 e. The number of benzene rings is 2. The first kappa shape index (κ1) is 28.5. The summed E-state index contributed by atoms with van der Waals surface area (Å²) in [4.78, 5) is 20.6. The lowest BCUT2D eigenvalue weighted by Crippen LogP contribution is -2.47. The van der Waals surface area contributed by atoms with Crippen LogP contribution in [0.25, 0.3) is 0 Å². The van der Waals surface area contributed by atoms with E-state index in [9.17, 15) is 31.1 Å². The van der Waals surface area contributed by atoms with E-state index in [0.717, 1.165) is 23.9 Å². The van der Waals surface area contributed by atoms with Crippen molar-refractivity contribution >= 4 is 17.3 Å². The number of amides is 1. The van der Waals surface area contributed by atoms with Crippen LogP contribution in [0.2, 0.25) is 0 Å². The van der Waals surface area contributed by atoms with Crippen molar-refractivity contribution in [3.63, 3.8) is 0 Å². The first-order chi connectivity index (χ1) is 18.5. The van der Waals surface area contributed by atoms with Gasteiger partial charge in [0.1, 0.15) is 0 Å². The molecule has 2 fully saturated rings. The molecule has 4 rings (SSSR count). The number of rotatable bonds is 5. The summed E-state index contributed by atoms with van der Waals surface area (Å²) < 4.78 is 78.5. The van der Waals surface area contributed by atoms with Gasteiger partial charge in [0.25, 0.3) is 0 Å². The van der Waals surface area contributed by atoms with Crippen molar-refractivity contribution in [3.05, 3.63) is 59.2 Å². The van der Waals surface area contributed by atoms with Crippen LogP contribution >= 0.6 is 0 Å². The molecule has 2 saturated heterocycles. The van der Waals surface area contributed by atoms with Crippen LogP contribution in [-0.2, 0) is 17.1 Å². The fraction of sp³-hybridized carbons (Fsp3) is 0.481. The lowest BCUT2D eigenvalue weighted by atomic mass is 10.1. The maximum absolute atomic E-state index is 13.4. The zero-order chi connectivity index (χ0) is 28.2. The van der Waals surface area contributed by atoms with Crippen LogP contribution in [0.5, 0.6) is 0 Å². The van der Waals surface area contributed by atoms with Gasteiger partial charge in [-0.1, -0.05) is 0 Å². The van der Waals surface area contributed by atoms with E-state index in [4.69, 9.17) is 5.26 Å². The predicted octanol–water partition coefficient (Wildman–Crippen LogP) is 4.85. The molecule has 12 heteroatoms. The minimum Gasteiger partial charge on any atom is -0.370 e. The molecule has 6 nitrogen and oxygen atoms in total. The van der Waals surface area contributed by atoms with Crippen molar-refractivity contribution < 1.29 is 31.1 Å². The average molecular weight is 554 g/mol. The molecule has 2 aliphatic rings. The summed E-state index contributed by atoms with van der Waals surface area (Å²) in [5.74, 6) is -0.0159. The van der Waals surface area contributed by atoms with Gasteiger partial charge >= 0.3 is 12.4 Å². The summed E-state index contributed by atoms with van der Waals surface area (Å²) in [5, 5.41) is 9.02. The molecule has 0 aliphatic carbocycles. The molecule has 1 amide bonds. The van der Waals surface area contributed by atoms with Crippen molar-refractivity contribution in [2.45, 2.75) is 25.2 Å². The Bertz CT molecular complexity index is 1180. The van der Waals surface area contributed by atoms with Gasteiger partial charge in [-0.25, -0.2) is 0 Å². The molecular weight excluding hydrogens is 524 g/mol. The Kier molecular flexibility index (Phi) is 8.59. The number of hydrogen-bond donors (Lipinski definition) is 0. The second-order valence-electron chi connectivity index (χ2n) is 9.68. The molecule has 0 N–H and O–H groups in total. The largest absolute Gasteiger partial charge is 0.417 e. The molecule has 39 heavy (non-hydrogen) atoms. The number of nitriles is 1. The number of piperazine rings is 1. The average Bonchev–Trinajstić information content (AvgIpc) is 3.17. The number of alkyl halides is 6. The van der Waals surface area contributed by atoms with Crippen LogP contribution in [0.15, 0.2) is 42.5 Å². The predicted molar refractivity (Wildman–Crippen MR) is 134 cm³/mol. The molecule has 0 bridgehead atoms. The van der Waals surface area contributed by atoms with Crippen LogP contribution < -0.4 is 9.80 Å². The van der Waals surface area contributed by atoms with E-state index in [0.29, 0.717) is 77.4 Å². The minimum atomic E-state index is -4.63. The van der Waals surface area contributed by atoms with Gasteiger partial charge in [0.05, 0.1) is 22.8 Å². The van der Waals surface area contributed by atoms with Gasteiger partial charge in [-0.2, -0.15) is 31.6 Å². The number of halogens is 6. The topological polar surface area (TPSA) is 53.8 Å². The third-order valence-corrected chi connectivity index (χ3v) is 7.22. The van der Waals surface area contributed by atoms with Crippen LogP contribution in [0.3, 0.4) is 0 Å². The van der Waals surface area contributed by atoms with Crippen LogP contribution in [0.4, 0.5) is 37.7 Å². The molecule has 210 valence electrons. The zero-order valence-electron chi connectivity index (χ0n) is 21.2. The molecular formula is C27H29F6N5O. The third-order valence-electron chi connectivity index (χ3n) is 7.22. The van der Waals surface area contributed by atoms with E-state index in [1.165, 1.54) is 24.3 Å². The monoisotopic (exact) mass is 553 g/mol. The molecule has 0 spiro atoms. The Morgan fingerprint density at radius 3 is 2.00 bits per heavy atom. The number of hydrogen-bond acceptors (Lipinski definition) is 5. The number of carbonyl (C=O) groups excluding carboxylic acids is 1. The van der Waals surface area contributed by atoms with Crippen molar-refractivity contribution in [3.8, 4) is 6.07 Å². The van der Waals surface area contributed by atoms with E-state index < -0.39 is 29.0 Å². The maximum atomic E-state index is 13.4. The van der Waals surface area contributed by atoms with Gasteiger partial charge in [0.2, 0.25) is 5.91 Å². The summed E-state index contributed by atoms with van der Waals surface area (Å²) in [6, 6.07) is 10.4. The molecule has 0 aromatic heterocycles. The SMILES string of the molecule is N#Cc1ccc(N2CCCN(C(=O)CCN3CCN(c4ccc(C(F)(F)F)cc4)CC3)CC2)cc1C(F)(F)F. The van der Waals surface area contributed by atoms with E-state index in [2.05, 4.69) is 4.90 Å². The lowest BCUT2D eigenvalue weighted by molar-refractivity contribution is -0.138. The van der Waals surface area contributed by atoms with E-state index in [-0.39, 0.29) is 5.91 Å². The van der Waals surface area contributed by atoms with Gasteiger partial charge < -0.3 is 14.7 Å². The minimum absolute atomic E-state index is 0.0159. The Labute approximate surface area is 223 Å². The smallest absolute Gasteiger partial charge is 0.370 e. The van der Waals surface area contributed by atoms with E-state index in [1.54, 1.807) is 11.0 Å². The molecule has 0 radical (unpaired) electrons. The third kappa shape index (κ3) is 7.15. The molecule has 0 atom stereocenters. The normalized spacial score (nSPS) is 17.6. The Morgan fingerprint density at radius 1 is 0.769 bits per heavy atom. The highest BCUT2D eigenvalue weighted by molar-refractivity contribution is 5.76. The first-order valence-electron chi connectivity index (χ1n) is 12.7. The van der Waals surface area contributed by atoms with Gasteiger partial charge in [-0.05, 0) is 48.9 Å². The molecule has 0 saturated carbocycles. The Balaban J connectivity index is 1.25. The molecule has 2 aromatic carbocycles. The van der Waals surface area contributed by atoms with Crippen molar-refractivity contribution in [2.75, 3.05) is 68.7 Å². The fourth-order valence-corrected chi connectivity index (χ4v) is 4.99. The van der Waals surface area contributed by atoms with Gasteiger partial charge in [0, 0.05) is 76.7 Å². The van der Waals surface area contributed by atoms with Crippen molar-refractivity contribution in [1.29, 1.82) is 5.26 Å². The lowest BCUT2D eigenvalue weighted by Gasteiger charge is -2.36. The van der Waals surface area contributed by atoms with Gasteiger partial charge in [-0.3, -0.25) is 9.69 Å². The Hall–Kier alpha value is -3.46. The molecule has 2 aliphatic heterocycles. The Morgan fingerprint density at radius 2 is 1.38 bits per heavy atom. The molecule has 2 heterocycles. The summed E-state index contributed by atoms with van der Waals surface area (Å²) in [5.41, 5.74) is -0.946. The van der Waals surface area contributed by atoms with Crippen molar-refractivity contribution in [2.24, 2.45) is 0 Å². The highest BCUT2D eigenvalue weighted by Crippen LogP contribution is 2.35. The quantitative estimate of drug-likeness (QED) is 0.496. The van der Waals surface area contributed by atoms with Crippen LogP contribution in [-0.4, -0.2) is 74.6 Å². The highest BCUT2D eigenvalue weighted by Gasteiger charge is 2.34. The summed E-state index contributed by atoms with van der Waals surface area (Å²) in [7, 11) is 0. The first-order valence-corrected chi connectivity index (χ1v) is 12.7. The fourth-order valence-electron chi connectivity index (χ4n) is 4.99. The zero-order valence-corrected chi connectivity index (χ0v) is 21.2. The summed E-state index contributed by atoms with van der Waals surface area (Å²) >= 11 is 0. The van der Waals surface area contributed by atoms with Gasteiger partial charge in [0.15, 0.2) is 0 Å². The second kappa shape index (κ2) is 11.7. The number of carbonyl (C=O) groups is 1. The van der Waals surface area contributed by atoms with Crippen LogP contribution in [0, 0.1) is 11.3 Å². The van der Waals surface area contributed by atoms with Crippen molar-refractivity contribution in [1.82, 2.24) is 9.80 Å². The summed E-state index contributed by atoms with van der Waals surface area (Å²) in [6.07, 6.45) is -8.07. The second-order valence-corrected chi connectivity index (χ2v) is 9.68. The number of nitrogens with zero attached hydrogens (tertiary/aromatic N) is 5. The molecule has 0 unspecified atom stereocenters. The van der Waals surface area contributed by atoms with E-state index in [1.807, 2.05) is 9.80 Å². The standard InChI is InChI=1S/C27H29F6N5O/c28-26(29,30)21-3-6-22(7-4-21)37-14-12-35(13-15-37)11-8-25(39)38-10-1-9-36(16-17-38)23-5-2-20(19-34)24(18-23)27(31,32)33/h2-7,18H,1,8-17H2. The highest BCUT2D eigenvalue weighted by atomic mass is 19.4. The van der Waals surface area contributed by atoms with Gasteiger partial charge in [-0.15, -0.1) is 0 Å².